The van der Waals surface area contributed by atoms with Crippen molar-refractivity contribution < 1.29 is 19.0 Å². The van der Waals surface area contributed by atoms with Crippen molar-refractivity contribution in [1.82, 2.24) is 0 Å². The van der Waals surface area contributed by atoms with Gasteiger partial charge in [-0.15, -0.1) is 0 Å². The fourth-order valence-electron chi connectivity index (χ4n) is 1.42. The maximum Gasteiger partial charge on any atom is 0.347 e. The molecule has 0 saturated heterocycles. The molecule has 1 rings (SSSR count). The van der Waals surface area contributed by atoms with Crippen molar-refractivity contribution in [2.75, 3.05) is 7.11 Å². The van der Waals surface area contributed by atoms with E-state index in [1.165, 1.54) is 0 Å². The standard InChI is InChI=1S/C14H20O4/c1-5-13(14(15)17-10(2)3)18-12-8-6-11(16-4)7-9-12/h6-10,13H,5H2,1-4H3. The lowest BCUT2D eigenvalue weighted by Crippen LogP contribution is -2.30. The third-order valence-electron chi connectivity index (χ3n) is 2.32. The Labute approximate surface area is 108 Å². The van der Waals surface area contributed by atoms with Gasteiger partial charge >= 0.3 is 5.97 Å². The van der Waals surface area contributed by atoms with Gasteiger partial charge in [0, 0.05) is 0 Å². The summed E-state index contributed by atoms with van der Waals surface area (Å²) in [7, 11) is 1.60. The van der Waals surface area contributed by atoms with Gasteiger partial charge in [0.15, 0.2) is 6.10 Å². The molecular formula is C14H20O4. The number of hydrogen-bond donors (Lipinski definition) is 0. The highest BCUT2D eigenvalue weighted by atomic mass is 16.6. The van der Waals surface area contributed by atoms with Gasteiger partial charge in [0.1, 0.15) is 11.5 Å². The van der Waals surface area contributed by atoms with Gasteiger partial charge in [-0.25, -0.2) is 4.79 Å². The van der Waals surface area contributed by atoms with Crippen molar-refractivity contribution in [3.8, 4) is 11.5 Å². The van der Waals surface area contributed by atoms with Crippen LogP contribution in [-0.4, -0.2) is 25.3 Å². The molecule has 1 aromatic carbocycles. The van der Waals surface area contributed by atoms with Crippen LogP contribution in [-0.2, 0) is 9.53 Å². The molecule has 0 bridgehead atoms. The largest absolute Gasteiger partial charge is 0.497 e. The molecule has 0 radical (unpaired) electrons. The third kappa shape index (κ3) is 4.28. The number of benzene rings is 1. The topological polar surface area (TPSA) is 44.8 Å². The van der Waals surface area contributed by atoms with E-state index in [1.54, 1.807) is 31.4 Å². The highest BCUT2D eigenvalue weighted by Crippen LogP contribution is 2.19. The van der Waals surface area contributed by atoms with Gasteiger partial charge in [-0.05, 0) is 44.5 Å². The molecule has 0 aliphatic rings. The Morgan fingerprint density at radius 2 is 1.72 bits per heavy atom. The Hall–Kier alpha value is -1.71. The second-order valence-electron chi connectivity index (χ2n) is 4.18. The first-order valence-corrected chi connectivity index (χ1v) is 6.08. The molecule has 0 spiro atoms. The molecule has 100 valence electrons. The summed E-state index contributed by atoms with van der Waals surface area (Å²) in [4.78, 5) is 11.7. The van der Waals surface area contributed by atoms with E-state index in [2.05, 4.69) is 0 Å². The summed E-state index contributed by atoms with van der Waals surface area (Å²) in [6.07, 6.45) is -0.135. The summed E-state index contributed by atoms with van der Waals surface area (Å²) >= 11 is 0. The Morgan fingerprint density at radius 1 is 1.17 bits per heavy atom. The van der Waals surface area contributed by atoms with Gasteiger partial charge in [0.25, 0.3) is 0 Å². The van der Waals surface area contributed by atoms with Crippen molar-refractivity contribution >= 4 is 5.97 Å². The van der Waals surface area contributed by atoms with E-state index in [9.17, 15) is 4.79 Å². The monoisotopic (exact) mass is 252 g/mol. The highest BCUT2D eigenvalue weighted by Gasteiger charge is 2.20. The lowest BCUT2D eigenvalue weighted by Gasteiger charge is -2.18. The number of carbonyl (C=O) groups excluding carboxylic acids is 1. The van der Waals surface area contributed by atoms with E-state index in [4.69, 9.17) is 14.2 Å². The molecule has 0 aliphatic carbocycles. The molecular weight excluding hydrogens is 232 g/mol. The molecule has 1 atom stereocenters. The van der Waals surface area contributed by atoms with Gasteiger partial charge < -0.3 is 14.2 Å². The van der Waals surface area contributed by atoms with Crippen LogP contribution in [0.5, 0.6) is 11.5 Å². The Balaban J connectivity index is 2.64. The fraction of sp³-hybridized carbons (Fsp3) is 0.500. The molecule has 4 nitrogen and oxygen atoms in total. The molecule has 0 N–H and O–H groups in total. The number of esters is 1. The van der Waals surface area contributed by atoms with E-state index in [-0.39, 0.29) is 12.1 Å². The van der Waals surface area contributed by atoms with Crippen LogP contribution in [0, 0.1) is 0 Å². The smallest absolute Gasteiger partial charge is 0.347 e. The van der Waals surface area contributed by atoms with Crippen LogP contribution < -0.4 is 9.47 Å². The summed E-state index contributed by atoms with van der Waals surface area (Å²) in [5.74, 6) is 1.05. The van der Waals surface area contributed by atoms with Gasteiger partial charge in [-0.1, -0.05) is 6.92 Å². The molecule has 18 heavy (non-hydrogen) atoms. The van der Waals surface area contributed by atoms with Crippen LogP contribution in [0.2, 0.25) is 0 Å². The van der Waals surface area contributed by atoms with Crippen LogP contribution in [0.4, 0.5) is 0 Å². The summed E-state index contributed by atoms with van der Waals surface area (Å²) < 4.78 is 15.8. The predicted octanol–water partition coefficient (Wildman–Crippen LogP) is 2.80. The highest BCUT2D eigenvalue weighted by molar-refractivity contribution is 5.75. The lowest BCUT2D eigenvalue weighted by atomic mass is 10.2. The Morgan fingerprint density at radius 3 is 2.17 bits per heavy atom. The molecule has 0 saturated carbocycles. The third-order valence-corrected chi connectivity index (χ3v) is 2.32. The lowest BCUT2D eigenvalue weighted by molar-refractivity contribution is -0.155. The van der Waals surface area contributed by atoms with Gasteiger partial charge in [0.2, 0.25) is 0 Å². The van der Waals surface area contributed by atoms with Crippen molar-refractivity contribution in [1.29, 1.82) is 0 Å². The number of methoxy groups -OCH3 is 1. The van der Waals surface area contributed by atoms with E-state index in [0.29, 0.717) is 12.2 Å². The summed E-state index contributed by atoms with van der Waals surface area (Å²) in [6.45, 7) is 5.52. The van der Waals surface area contributed by atoms with Gasteiger partial charge in [0.05, 0.1) is 13.2 Å². The fourth-order valence-corrected chi connectivity index (χ4v) is 1.42. The van der Waals surface area contributed by atoms with Crippen molar-refractivity contribution in [2.24, 2.45) is 0 Å². The quantitative estimate of drug-likeness (QED) is 0.730. The molecule has 1 unspecified atom stereocenters. The minimum Gasteiger partial charge on any atom is -0.497 e. The van der Waals surface area contributed by atoms with E-state index >= 15 is 0 Å². The van der Waals surface area contributed by atoms with Gasteiger partial charge in [-0.2, -0.15) is 0 Å². The van der Waals surface area contributed by atoms with Crippen molar-refractivity contribution in [3.05, 3.63) is 24.3 Å². The SMILES string of the molecule is CCC(Oc1ccc(OC)cc1)C(=O)OC(C)C. The number of ether oxygens (including phenoxy) is 3. The maximum atomic E-state index is 11.7. The van der Waals surface area contributed by atoms with Crippen LogP contribution >= 0.6 is 0 Å². The van der Waals surface area contributed by atoms with Crippen LogP contribution in [0.25, 0.3) is 0 Å². The van der Waals surface area contributed by atoms with Crippen LogP contribution in [0.15, 0.2) is 24.3 Å². The second kappa shape index (κ2) is 6.89. The summed E-state index contributed by atoms with van der Waals surface area (Å²) in [5, 5.41) is 0. The normalized spacial score (nSPS) is 12.1. The maximum absolute atomic E-state index is 11.7. The van der Waals surface area contributed by atoms with Crippen LogP contribution in [0.3, 0.4) is 0 Å². The predicted molar refractivity (Wildman–Crippen MR) is 68.9 cm³/mol. The summed E-state index contributed by atoms with van der Waals surface area (Å²) in [6, 6.07) is 7.11. The zero-order chi connectivity index (χ0) is 13.5. The molecule has 0 aromatic heterocycles. The minimum atomic E-state index is -0.569. The zero-order valence-corrected chi connectivity index (χ0v) is 11.3. The van der Waals surface area contributed by atoms with Gasteiger partial charge in [-0.3, -0.25) is 0 Å². The first kappa shape index (κ1) is 14.4. The van der Waals surface area contributed by atoms with E-state index < -0.39 is 6.10 Å². The number of hydrogen-bond acceptors (Lipinski definition) is 4. The average Bonchev–Trinajstić information content (AvgIpc) is 2.35. The second-order valence-corrected chi connectivity index (χ2v) is 4.18. The first-order chi connectivity index (χ1) is 8.56. The molecule has 0 amide bonds. The summed E-state index contributed by atoms with van der Waals surface area (Å²) in [5.41, 5.74) is 0. The number of rotatable bonds is 6. The minimum absolute atomic E-state index is 0.133. The zero-order valence-electron chi connectivity index (χ0n) is 11.3. The molecule has 1 aromatic rings. The van der Waals surface area contributed by atoms with E-state index in [1.807, 2.05) is 20.8 Å². The number of carbonyl (C=O) groups is 1. The molecule has 0 aliphatic heterocycles. The molecule has 0 heterocycles. The average molecular weight is 252 g/mol. The molecule has 0 fully saturated rings. The Bertz CT molecular complexity index is 370. The first-order valence-electron chi connectivity index (χ1n) is 6.08. The Kier molecular flexibility index (Phi) is 5.49. The van der Waals surface area contributed by atoms with E-state index in [0.717, 1.165) is 5.75 Å². The van der Waals surface area contributed by atoms with Crippen LogP contribution in [0.1, 0.15) is 27.2 Å². The van der Waals surface area contributed by atoms with Crippen molar-refractivity contribution in [3.63, 3.8) is 0 Å². The molecule has 4 heteroatoms. The van der Waals surface area contributed by atoms with Crippen molar-refractivity contribution in [2.45, 2.75) is 39.4 Å².